The minimum atomic E-state index is -1.13. The lowest BCUT2D eigenvalue weighted by Crippen LogP contribution is -2.44. The van der Waals surface area contributed by atoms with Crippen molar-refractivity contribution in [3.05, 3.63) is 48.3 Å². The number of para-hydroxylation sites is 1. The molecule has 2 N–H and O–H groups in total. The molecule has 128 valence electrons. The van der Waals surface area contributed by atoms with E-state index >= 15 is 0 Å². The summed E-state index contributed by atoms with van der Waals surface area (Å²) in [5.41, 5.74) is 0.878. The molecule has 2 aromatic rings. The average molecular weight is 331 g/mol. The molecular formula is C17H21N3O4. The largest absolute Gasteiger partial charge is 0.480 e. The maximum atomic E-state index is 11.8. The quantitative estimate of drug-likeness (QED) is 0.877. The molecular weight excluding hydrogens is 310 g/mol. The van der Waals surface area contributed by atoms with E-state index in [1.165, 1.54) is 0 Å². The molecule has 24 heavy (non-hydrogen) atoms. The minimum absolute atomic E-state index is 0.113. The van der Waals surface area contributed by atoms with Crippen molar-refractivity contribution < 1.29 is 19.4 Å². The Balaban J connectivity index is 2.05. The number of nitrogens with one attached hydrogen (secondary N) is 1. The fourth-order valence-corrected chi connectivity index (χ4v) is 2.07. The number of alkyl carbamates (subject to hydrolysis) is 1. The van der Waals surface area contributed by atoms with Crippen LogP contribution in [0.3, 0.4) is 0 Å². The zero-order valence-electron chi connectivity index (χ0n) is 13.9. The molecule has 0 radical (unpaired) electrons. The van der Waals surface area contributed by atoms with Gasteiger partial charge in [-0.15, -0.1) is 0 Å². The van der Waals surface area contributed by atoms with Gasteiger partial charge in [0.15, 0.2) is 0 Å². The molecule has 0 fully saturated rings. The van der Waals surface area contributed by atoms with Gasteiger partial charge in [-0.3, -0.25) is 0 Å². The highest BCUT2D eigenvalue weighted by molar-refractivity contribution is 5.80. The fourth-order valence-electron chi connectivity index (χ4n) is 2.07. The number of carboxylic acids is 1. The van der Waals surface area contributed by atoms with Gasteiger partial charge in [-0.1, -0.05) is 18.2 Å². The first-order valence-corrected chi connectivity index (χ1v) is 7.56. The lowest BCUT2D eigenvalue weighted by molar-refractivity contribution is -0.139. The van der Waals surface area contributed by atoms with Crippen LogP contribution >= 0.6 is 0 Å². The van der Waals surface area contributed by atoms with Gasteiger partial charge >= 0.3 is 12.1 Å². The third-order valence-electron chi connectivity index (χ3n) is 3.09. The second-order valence-corrected chi connectivity index (χ2v) is 6.37. The van der Waals surface area contributed by atoms with Crippen LogP contribution in [0.4, 0.5) is 4.79 Å². The molecule has 1 unspecified atom stereocenters. The number of carboxylic acid groups (broad SMARTS) is 1. The molecule has 0 aliphatic carbocycles. The maximum Gasteiger partial charge on any atom is 0.408 e. The molecule has 0 bridgehead atoms. The molecule has 0 aliphatic rings. The first-order valence-electron chi connectivity index (χ1n) is 7.56. The molecule has 0 aliphatic heterocycles. The Labute approximate surface area is 140 Å². The zero-order valence-corrected chi connectivity index (χ0v) is 13.9. The monoisotopic (exact) mass is 331 g/mol. The van der Waals surface area contributed by atoms with Crippen molar-refractivity contribution in [2.24, 2.45) is 0 Å². The van der Waals surface area contributed by atoms with Crippen LogP contribution in [0.2, 0.25) is 0 Å². The molecule has 1 amide bonds. The Morgan fingerprint density at radius 2 is 1.96 bits per heavy atom. The highest BCUT2D eigenvalue weighted by Gasteiger charge is 2.24. The zero-order chi connectivity index (χ0) is 17.7. The summed E-state index contributed by atoms with van der Waals surface area (Å²) in [5, 5.41) is 15.9. The van der Waals surface area contributed by atoms with E-state index in [-0.39, 0.29) is 6.42 Å². The van der Waals surface area contributed by atoms with Crippen LogP contribution in [0.25, 0.3) is 5.69 Å². The van der Waals surface area contributed by atoms with Crippen molar-refractivity contribution in [1.82, 2.24) is 15.1 Å². The molecule has 1 aromatic carbocycles. The van der Waals surface area contributed by atoms with Crippen molar-refractivity contribution in [2.45, 2.75) is 38.8 Å². The fraction of sp³-hybridized carbons (Fsp3) is 0.353. The Hall–Kier alpha value is -2.83. The van der Waals surface area contributed by atoms with Gasteiger partial charge < -0.3 is 15.2 Å². The van der Waals surface area contributed by atoms with Crippen LogP contribution in [-0.2, 0) is 16.0 Å². The number of benzene rings is 1. The van der Waals surface area contributed by atoms with E-state index in [1.807, 2.05) is 30.3 Å². The summed E-state index contributed by atoms with van der Waals surface area (Å²) >= 11 is 0. The Kier molecular flexibility index (Phi) is 5.23. The molecule has 0 saturated carbocycles. The van der Waals surface area contributed by atoms with E-state index in [0.29, 0.717) is 5.56 Å². The van der Waals surface area contributed by atoms with Crippen LogP contribution in [0.1, 0.15) is 26.3 Å². The van der Waals surface area contributed by atoms with E-state index in [1.54, 1.807) is 37.8 Å². The highest BCUT2D eigenvalue weighted by Crippen LogP contribution is 2.11. The van der Waals surface area contributed by atoms with Gasteiger partial charge in [0.05, 0.1) is 11.9 Å². The number of hydrogen-bond donors (Lipinski definition) is 2. The second-order valence-electron chi connectivity index (χ2n) is 6.37. The first kappa shape index (κ1) is 17.5. The van der Waals surface area contributed by atoms with E-state index < -0.39 is 23.7 Å². The summed E-state index contributed by atoms with van der Waals surface area (Å²) in [7, 11) is 0. The number of aliphatic carboxylic acids is 1. The van der Waals surface area contributed by atoms with Crippen LogP contribution in [-0.4, -0.2) is 38.6 Å². The minimum Gasteiger partial charge on any atom is -0.480 e. The molecule has 1 heterocycles. The van der Waals surface area contributed by atoms with Gasteiger partial charge in [0.25, 0.3) is 0 Å². The Morgan fingerprint density at radius 1 is 1.29 bits per heavy atom. The average Bonchev–Trinajstić information content (AvgIpc) is 2.94. The normalized spacial score (nSPS) is 12.5. The van der Waals surface area contributed by atoms with Gasteiger partial charge in [-0.05, 0) is 38.5 Å². The van der Waals surface area contributed by atoms with Gasteiger partial charge in [0.2, 0.25) is 0 Å². The van der Waals surface area contributed by atoms with Crippen molar-refractivity contribution >= 4 is 12.1 Å². The number of amides is 1. The Bertz CT molecular complexity index is 704. The lowest BCUT2D eigenvalue weighted by Gasteiger charge is -2.21. The van der Waals surface area contributed by atoms with E-state index in [2.05, 4.69) is 10.4 Å². The van der Waals surface area contributed by atoms with Crippen molar-refractivity contribution in [3.63, 3.8) is 0 Å². The summed E-state index contributed by atoms with van der Waals surface area (Å²) in [5.74, 6) is -1.13. The van der Waals surface area contributed by atoms with Crippen LogP contribution in [0, 0.1) is 0 Å². The predicted octanol–water partition coefficient (Wildman–Crippen LogP) is 2.39. The summed E-state index contributed by atoms with van der Waals surface area (Å²) in [6.45, 7) is 5.14. The number of nitrogens with zero attached hydrogens (tertiary/aromatic N) is 2. The summed E-state index contributed by atoms with van der Waals surface area (Å²) in [6.07, 6.45) is 2.67. The van der Waals surface area contributed by atoms with Crippen LogP contribution in [0.15, 0.2) is 42.7 Å². The van der Waals surface area contributed by atoms with E-state index in [9.17, 15) is 14.7 Å². The molecule has 1 aromatic heterocycles. The summed E-state index contributed by atoms with van der Waals surface area (Å²) in [6, 6.07) is 8.38. The number of carbonyl (C=O) groups is 2. The topological polar surface area (TPSA) is 93.5 Å². The SMILES string of the molecule is CC(C)(C)OC(=O)NC(Cc1cnn(-c2ccccc2)c1)C(=O)O. The maximum absolute atomic E-state index is 11.8. The number of carbonyl (C=O) groups excluding carboxylic acids is 1. The lowest BCUT2D eigenvalue weighted by atomic mass is 10.1. The number of aromatic nitrogens is 2. The summed E-state index contributed by atoms with van der Waals surface area (Å²) < 4.78 is 6.75. The van der Waals surface area contributed by atoms with Crippen molar-refractivity contribution in [1.29, 1.82) is 0 Å². The van der Waals surface area contributed by atoms with Crippen molar-refractivity contribution in [2.75, 3.05) is 0 Å². The van der Waals surface area contributed by atoms with Gasteiger partial charge in [0.1, 0.15) is 11.6 Å². The number of rotatable bonds is 5. The molecule has 0 saturated heterocycles. The third-order valence-corrected chi connectivity index (χ3v) is 3.09. The van der Waals surface area contributed by atoms with Crippen LogP contribution in [0.5, 0.6) is 0 Å². The van der Waals surface area contributed by atoms with E-state index in [0.717, 1.165) is 5.69 Å². The molecule has 7 nitrogen and oxygen atoms in total. The standard InChI is InChI=1S/C17H21N3O4/c1-17(2,3)24-16(23)19-14(15(21)22)9-12-10-18-20(11-12)13-7-5-4-6-8-13/h4-8,10-11,14H,9H2,1-3H3,(H,19,23)(H,21,22). The molecule has 1 atom stereocenters. The van der Waals surface area contributed by atoms with Gasteiger partial charge in [0, 0.05) is 12.6 Å². The molecule has 7 heteroatoms. The molecule has 0 spiro atoms. The Morgan fingerprint density at radius 3 is 2.54 bits per heavy atom. The van der Waals surface area contributed by atoms with Gasteiger partial charge in [-0.2, -0.15) is 5.10 Å². The van der Waals surface area contributed by atoms with E-state index in [4.69, 9.17) is 4.74 Å². The number of ether oxygens (including phenoxy) is 1. The van der Waals surface area contributed by atoms with Gasteiger partial charge in [-0.25, -0.2) is 14.3 Å². The smallest absolute Gasteiger partial charge is 0.408 e. The van der Waals surface area contributed by atoms with Crippen molar-refractivity contribution in [3.8, 4) is 5.69 Å². The molecule has 2 rings (SSSR count). The summed E-state index contributed by atoms with van der Waals surface area (Å²) in [4.78, 5) is 23.2. The second kappa shape index (κ2) is 7.16. The first-order chi connectivity index (χ1) is 11.2. The highest BCUT2D eigenvalue weighted by atomic mass is 16.6. The number of hydrogen-bond acceptors (Lipinski definition) is 4. The third kappa shape index (κ3) is 5.12. The predicted molar refractivity (Wildman–Crippen MR) is 88.1 cm³/mol. The van der Waals surface area contributed by atoms with Crippen LogP contribution < -0.4 is 5.32 Å².